The van der Waals surface area contributed by atoms with Crippen molar-refractivity contribution >= 4 is 36.3 Å². The smallest absolute Gasteiger partial charge is 0.171 e. The maximum absolute atomic E-state index is 5.91. The molecule has 2 rings (SSSR count). The van der Waals surface area contributed by atoms with Gasteiger partial charge in [0.2, 0.25) is 0 Å². The summed E-state index contributed by atoms with van der Waals surface area (Å²) in [6, 6.07) is 10.7. The highest BCUT2D eigenvalue weighted by molar-refractivity contribution is 5.85. The van der Waals surface area contributed by atoms with Crippen molar-refractivity contribution in [2.75, 3.05) is 17.6 Å². The number of nitrogens with zero attached hydrogens (tertiary/aromatic N) is 2. The van der Waals surface area contributed by atoms with Gasteiger partial charge >= 0.3 is 0 Å². The van der Waals surface area contributed by atoms with E-state index >= 15 is 0 Å². The molecule has 1 aromatic carbocycles. The van der Waals surface area contributed by atoms with Crippen LogP contribution in [0.3, 0.4) is 0 Å². The number of rotatable bonds is 5. The summed E-state index contributed by atoms with van der Waals surface area (Å²) in [5.41, 5.74) is 7.93. The van der Waals surface area contributed by atoms with Crippen molar-refractivity contribution in [1.29, 1.82) is 0 Å². The van der Waals surface area contributed by atoms with E-state index < -0.39 is 0 Å². The summed E-state index contributed by atoms with van der Waals surface area (Å²) in [5, 5.41) is 7.70. The molecule has 0 atom stereocenters. The molecule has 20 heavy (non-hydrogen) atoms. The Morgan fingerprint density at radius 2 is 1.85 bits per heavy atom. The third kappa shape index (κ3) is 4.94. The van der Waals surface area contributed by atoms with Crippen LogP contribution in [-0.4, -0.2) is 16.3 Å². The summed E-state index contributed by atoms with van der Waals surface area (Å²) in [7, 11) is 0. The van der Waals surface area contributed by atoms with Gasteiger partial charge in [-0.25, -0.2) is 0 Å². The molecule has 0 bridgehead atoms. The fourth-order valence-electron chi connectivity index (χ4n) is 1.78. The van der Waals surface area contributed by atoms with Crippen LogP contribution in [0.1, 0.15) is 25.5 Å². The molecule has 0 aliphatic carbocycles. The lowest BCUT2D eigenvalue weighted by Crippen LogP contribution is -2.08. The molecule has 0 fully saturated rings. The zero-order valence-corrected chi connectivity index (χ0v) is 13.4. The second-order valence-electron chi connectivity index (χ2n) is 4.67. The van der Waals surface area contributed by atoms with Gasteiger partial charge in [-0.15, -0.1) is 24.8 Å². The Morgan fingerprint density at radius 1 is 1.20 bits per heavy atom. The van der Waals surface area contributed by atoms with E-state index in [4.69, 9.17) is 5.73 Å². The van der Waals surface area contributed by atoms with Gasteiger partial charge in [-0.05, 0) is 25.8 Å². The van der Waals surface area contributed by atoms with E-state index in [0.717, 1.165) is 18.8 Å². The lowest BCUT2D eigenvalue weighted by Gasteiger charge is -2.05. The Hall–Kier alpha value is -1.39. The van der Waals surface area contributed by atoms with Gasteiger partial charge in [0.15, 0.2) is 5.82 Å². The van der Waals surface area contributed by atoms with E-state index in [1.807, 2.05) is 16.9 Å². The van der Waals surface area contributed by atoms with Gasteiger partial charge in [-0.3, -0.25) is 4.68 Å². The van der Waals surface area contributed by atoms with Gasteiger partial charge in [0.25, 0.3) is 0 Å². The van der Waals surface area contributed by atoms with Crippen LogP contribution in [0.25, 0.3) is 0 Å². The summed E-state index contributed by atoms with van der Waals surface area (Å²) in [5.74, 6) is 0.777. The molecule has 0 amide bonds. The van der Waals surface area contributed by atoms with Crippen LogP contribution in [0.15, 0.2) is 36.5 Å². The first-order chi connectivity index (χ1) is 8.66. The average Bonchev–Trinajstić information content (AvgIpc) is 2.73. The molecule has 0 aliphatic rings. The van der Waals surface area contributed by atoms with Crippen LogP contribution in [0, 0.1) is 0 Å². The van der Waals surface area contributed by atoms with Crippen molar-refractivity contribution < 1.29 is 0 Å². The first-order valence-electron chi connectivity index (χ1n) is 6.29. The predicted molar refractivity (Wildman–Crippen MR) is 90.2 cm³/mol. The zero-order chi connectivity index (χ0) is 13.0. The monoisotopic (exact) mass is 316 g/mol. The highest BCUT2D eigenvalue weighted by Crippen LogP contribution is 2.18. The molecule has 3 N–H and O–H groups in total. The fraction of sp³-hybridized carbons (Fsp3) is 0.357. The van der Waals surface area contributed by atoms with E-state index in [9.17, 15) is 0 Å². The van der Waals surface area contributed by atoms with Gasteiger partial charge in [0.1, 0.15) is 0 Å². The number of hydrogen-bond donors (Lipinski definition) is 2. The van der Waals surface area contributed by atoms with Crippen LogP contribution >= 0.6 is 24.8 Å². The molecule has 0 saturated heterocycles. The van der Waals surface area contributed by atoms with Crippen LogP contribution in [0.2, 0.25) is 0 Å². The molecule has 1 aromatic heterocycles. The summed E-state index contributed by atoms with van der Waals surface area (Å²) < 4.78 is 1.88. The molecular weight excluding hydrogens is 295 g/mol. The molecule has 0 spiro atoms. The number of nitrogens with one attached hydrogen (secondary N) is 1. The second kappa shape index (κ2) is 8.72. The van der Waals surface area contributed by atoms with E-state index in [1.54, 1.807) is 0 Å². The van der Waals surface area contributed by atoms with Crippen LogP contribution in [0.5, 0.6) is 0 Å². The summed E-state index contributed by atoms with van der Waals surface area (Å²) in [6.07, 6.45) is 2.84. The number of halogens is 2. The topological polar surface area (TPSA) is 55.9 Å². The number of hydrogen-bond acceptors (Lipinski definition) is 3. The molecule has 0 unspecified atom stereocenters. The Kier molecular flexibility index (Phi) is 8.11. The average molecular weight is 317 g/mol. The molecule has 0 aliphatic heterocycles. The number of aromatic nitrogens is 2. The Labute approximate surface area is 132 Å². The molecule has 4 nitrogen and oxygen atoms in total. The minimum Gasteiger partial charge on any atom is -0.394 e. The quantitative estimate of drug-likeness (QED) is 0.887. The summed E-state index contributed by atoms with van der Waals surface area (Å²) in [6.45, 7) is 5.00. The molecule has 6 heteroatoms. The highest BCUT2D eigenvalue weighted by atomic mass is 35.5. The number of nitrogen functional groups attached to an aromatic ring is 1. The predicted octanol–water partition coefficient (Wildman–Crippen LogP) is 3.54. The van der Waals surface area contributed by atoms with Crippen molar-refractivity contribution in [2.24, 2.45) is 0 Å². The van der Waals surface area contributed by atoms with Gasteiger partial charge in [0.05, 0.1) is 11.9 Å². The molecule has 112 valence electrons. The highest BCUT2D eigenvalue weighted by Gasteiger charge is 2.07. The van der Waals surface area contributed by atoms with Gasteiger partial charge in [-0.2, -0.15) is 5.10 Å². The standard InChI is InChI=1S/C14H20N4.2ClH/c1-11(2)18-10-13(15)14(17-18)16-9-8-12-6-4-3-5-7-12;;/h3-7,10-11H,8-9,15H2,1-2H3,(H,16,17);2*1H. The molecule has 2 aromatic rings. The lowest BCUT2D eigenvalue weighted by molar-refractivity contribution is 0.534. The Morgan fingerprint density at radius 3 is 2.40 bits per heavy atom. The van der Waals surface area contributed by atoms with Crippen molar-refractivity contribution in [3.05, 3.63) is 42.1 Å². The number of benzene rings is 1. The third-order valence-electron chi connectivity index (χ3n) is 2.84. The first-order valence-corrected chi connectivity index (χ1v) is 6.29. The third-order valence-corrected chi connectivity index (χ3v) is 2.84. The summed E-state index contributed by atoms with van der Waals surface area (Å²) in [4.78, 5) is 0. The normalized spacial score (nSPS) is 9.75. The zero-order valence-electron chi connectivity index (χ0n) is 11.7. The largest absolute Gasteiger partial charge is 0.394 e. The minimum absolute atomic E-state index is 0. The molecular formula is C14H22Cl2N4. The van der Waals surface area contributed by atoms with Crippen molar-refractivity contribution in [3.8, 4) is 0 Å². The van der Waals surface area contributed by atoms with Crippen molar-refractivity contribution in [2.45, 2.75) is 26.3 Å². The molecule has 0 radical (unpaired) electrons. The molecule has 0 saturated carbocycles. The van der Waals surface area contributed by atoms with Gasteiger partial charge < -0.3 is 11.1 Å². The van der Waals surface area contributed by atoms with E-state index in [1.165, 1.54) is 5.56 Å². The SMILES string of the molecule is CC(C)n1cc(N)c(NCCc2ccccc2)n1.Cl.Cl. The van der Waals surface area contributed by atoms with E-state index in [-0.39, 0.29) is 24.8 Å². The second-order valence-corrected chi connectivity index (χ2v) is 4.67. The van der Waals surface area contributed by atoms with Crippen molar-refractivity contribution in [1.82, 2.24) is 9.78 Å². The lowest BCUT2D eigenvalue weighted by atomic mass is 10.1. The van der Waals surface area contributed by atoms with Crippen LogP contribution < -0.4 is 11.1 Å². The Bertz CT molecular complexity index is 497. The number of anilines is 2. The van der Waals surface area contributed by atoms with Gasteiger partial charge in [0, 0.05) is 12.6 Å². The van der Waals surface area contributed by atoms with Crippen molar-refractivity contribution in [3.63, 3.8) is 0 Å². The minimum atomic E-state index is 0. The van der Waals surface area contributed by atoms with Gasteiger partial charge in [-0.1, -0.05) is 30.3 Å². The number of nitrogens with two attached hydrogens (primary N) is 1. The van der Waals surface area contributed by atoms with Crippen LogP contribution in [-0.2, 0) is 6.42 Å². The molecule has 1 heterocycles. The van der Waals surface area contributed by atoms with E-state index in [2.05, 4.69) is 48.5 Å². The summed E-state index contributed by atoms with van der Waals surface area (Å²) >= 11 is 0. The fourth-order valence-corrected chi connectivity index (χ4v) is 1.78. The first kappa shape index (κ1) is 18.6. The Balaban J connectivity index is 0.00000180. The maximum atomic E-state index is 5.91. The maximum Gasteiger partial charge on any atom is 0.171 e. The van der Waals surface area contributed by atoms with E-state index in [0.29, 0.717) is 11.7 Å². The van der Waals surface area contributed by atoms with Crippen LogP contribution in [0.4, 0.5) is 11.5 Å².